The number of fused-ring (bicyclic) bond motifs is 1. The summed E-state index contributed by atoms with van der Waals surface area (Å²) in [6.07, 6.45) is 3.37. The van der Waals surface area contributed by atoms with Gasteiger partial charge >= 0.3 is 0 Å². The van der Waals surface area contributed by atoms with Crippen LogP contribution in [0.25, 0.3) is 33.4 Å². The summed E-state index contributed by atoms with van der Waals surface area (Å²) in [6.45, 7) is 4.09. The average molecular weight is 375 g/mol. The molecule has 0 bridgehead atoms. The summed E-state index contributed by atoms with van der Waals surface area (Å²) in [5.74, 6) is -0.881. The highest BCUT2D eigenvalue weighted by Gasteiger charge is 2.15. The Morgan fingerprint density at radius 1 is 1.07 bits per heavy atom. The van der Waals surface area contributed by atoms with E-state index in [1.165, 1.54) is 6.07 Å². The van der Waals surface area contributed by atoms with Gasteiger partial charge < -0.3 is 10.3 Å². The van der Waals surface area contributed by atoms with Crippen molar-refractivity contribution in [1.82, 2.24) is 19.7 Å². The quantitative estimate of drug-likeness (QED) is 0.584. The zero-order valence-electron chi connectivity index (χ0n) is 15.4. The van der Waals surface area contributed by atoms with Crippen LogP contribution in [0.15, 0.2) is 55.0 Å². The molecule has 0 saturated carbocycles. The van der Waals surface area contributed by atoms with E-state index in [1.807, 2.05) is 18.4 Å². The molecular formula is C21H18FN5O. The Morgan fingerprint density at radius 2 is 1.79 bits per heavy atom. The number of rotatable bonds is 4. The maximum absolute atomic E-state index is 14.5. The first kappa shape index (κ1) is 17.8. The molecule has 0 atom stereocenters. The summed E-state index contributed by atoms with van der Waals surface area (Å²) in [7, 11) is 0. The summed E-state index contributed by atoms with van der Waals surface area (Å²) in [5.41, 5.74) is 9.67. The lowest BCUT2D eigenvalue weighted by Gasteiger charge is -2.09. The summed E-state index contributed by atoms with van der Waals surface area (Å²) in [4.78, 5) is 15.7. The van der Waals surface area contributed by atoms with Crippen molar-refractivity contribution >= 4 is 17.1 Å². The highest BCUT2D eigenvalue weighted by atomic mass is 19.1. The molecule has 0 saturated heterocycles. The monoisotopic (exact) mass is 375 g/mol. The van der Waals surface area contributed by atoms with Crippen LogP contribution in [0.4, 0.5) is 4.39 Å². The van der Waals surface area contributed by atoms with Gasteiger partial charge in [0.15, 0.2) is 5.65 Å². The maximum Gasteiger partial charge on any atom is 0.248 e. The molecule has 0 aliphatic heterocycles. The molecule has 0 radical (unpaired) electrons. The fraction of sp³-hybridized carbons (Fsp3) is 0.143. The van der Waals surface area contributed by atoms with Crippen molar-refractivity contribution in [3.8, 4) is 22.3 Å². The van der Waals surface area contributed by atoms with E-state index in [2.05, 4.69) is 15.2 Å². The van der Waals surface area contributed by atoms with E-state index in [0.29, 0.717) is 27.9 Å². The number of aromatic nitrogens is 4. The normalized spacial score (nSPS) is 11.3. The van der Waals surface area contributed by atoms with Gasteiger partial charge in [0.05, 0.1) is 12.5 Å². The van der Waals surface area contributed by atoms with Crippen molar-refractivity contribution in [1.29, 1.82) is 0 Å². The molecule has 7 heteroatoms. The summed E-state index contributed by atoms with van der Waals surface area (Å²) >= 11 is 0. The van der Waals surface area contributed by atoms with Crippen molar-refractivity contribution in [2.75, 3.05) is 0 Å². The van der Waals surface area contributed by atoms with Crippen LogP contribution >= 0.6 is 0 Å². The van der Waals surface area contributed by atoms with Gasteiger partial charge in [0.25, 0.3) is 0 Å². The van der Waals surface area contributed by atoms with Crippen molar-refractivity contribution < 1.29 is 9.18 Å². The number of carbonyl (C=O) groups is 1. The highest BCUT2D eigenvalue weighted by molar-refractivity contribution is 5.93. The van der Waals surface area contributed by atoms with Gasteiger partial charge in [0.1, 0.15) is 11.3 Å². The molecule has 1 amide bonds. The molecule has 140 valence electrons. The van der Waals surface area contributed by atoms with E-state index in [4.69, 9.17) is 5.73 Å². The molecule has 2 aromatic carbocycles. The number of carbonyl (C=O) groups excluding carboxylic acids is 1. The number of nitrogens with two attached hydrogens (primary N) is 1. The Balaban J connectivity index is 1.83. The van der Waals surface area contributed by atoms with E-state index in [1.54, 1.807) is 48.9 Å². The van der Waals surface area contributed by atoms with Crippen LogP contribution in [-0.4, -0.2) is 25.7 Å². The Hall–Kier alpha value is -3.61. The molecule has 2 aromatic heterocycles. The maximum atomic E-state index is 14.5. The van der Waals surface area contributed by atoms with Crippen molar-refractivity contribution in [2.45, 2.75) is 19.9 Å². The van der Waals surface area contributed by atoms with Gasteiger partial charge in [-0.15, -0.1) is 5.10 Å². The summed E-state index contributed by atoms with van der Waals surface area (Å²) in [6, 6.07) is 11.6. The molecule has 2 heterocycles. The smallest absolute Gasteiger partial charge is 0.248 e. The van der Waals surface area contributed by atoms with E-state index in [-0.39, 0.29) is 11.9 Å². The Labute approximate surface area is 160 Å². The van der Waals surface area contributed by atoms with Gasteiger partial charge in [-0.1, -0.05) is 18.2 Å². The van der Waals surface area contributed by atoms with E-state index in [0.717, 1.165) is 11.1 Å². The Kier molecular flexibility index (Phi) is 4.35. The predicted octanol–water partition coefficient (Wildman–Crippen LogP) is 3.98. The molecule has 0 fully saturated rings. The number of imidazole rings is 1. The molecular weight excluding hydrogens is 357 g/mol. The first-order valence-corrected chi connectivity index (χ1v) is 8.84. The molecule has 0 aliphatic carbocycles. The van der Waals surface area contributed by atoms with Crippen LogP contribution in [0, 0.1) is 5.82 Å². The van der Waals surface area contributed by atoms with Crippen molar-refractivity contribution in [3.63, 3.8) is 0 Å². The number of nitrogens with zero attached hydrogens (tertiary/aromatic N) is 4. The van der Waals surface area contributed by atoms with Crippen molar-refractivity contribution in [2.24, 2.45) is 5.73 Å². The fourth-order valence-corrected chi connectivity index (χ4v) is 3.16. The number of amides is 1. The van der Waals surface area contributed by atoms with Crippen molar-refractivity contribution in [3.05, 3.63) is 66.4 Å². The largest absolute Gasteiger partial charge is 0.366 e. The minimum absolute atomic E-state index is 0.196. The number of primary amides is 1. The van der Waals surface area contributed by atoms with Gasteiger partial charge in [0.2, 0.25) is 5.91 Å². The average Bonchev–Trinajstić information content (AvgIpc) is 3.13. The topological polar surface area (TPSA) is 86.7 Å². The standard InChI is InChI=1S/C21H18FN5O/c1-12(2)27-11-24-19-17(10-25-26-21(19)27)15-7-8-18(22)16(9-15)13-3-5-14(6-4-13)20(23)28/h3-12H,1-2H3,(H2,23,28). The third-order valence-electron chi connectivity index (χ3n) is 4.68. The number of halogens is 1. The van der Waals surface area contributed by atoms with E-state index < -0.39 is 5.91 Å². The van der Waals surface area contributed by atoms with Crippen LogP contribution in [0.2, 0.25) is 0 Å². The minimum atomic E-state index is -0.522. The second kappa shape index (κ2) is 6.84. The van der Waals surface area contributed by atoms with Crippen LogP contribution in [-0.2, 0) is 0 Å². The van der Waals surface area contributed by atoms with Gasteiger partial charge in [-0.3, -0.25) is 4.79 Å². The SMILES string of the molecule is CC(C)n1cnc2c(-c3ccc(F)c(-c4ccc(C(N)=O)cc4)c3)cnnc21. The first-order chi connectivity index (χ1) is 13.5. The van der Waals surface area contributed by atoms with Gasteiger partial charge in [-0.05, 0) is 49.2 Å². The molecule has 0 unspecified atom stereocenters. The Morgan fingerprint density at radius 3 is 2.46 bits per heavy atom. The second-order valence-electron chi connectivity index (χ2n) is 6.81. The zero-order valence-corrected chi connectivity index (χ0v) is 15.4. The number of hydrogen-bond donors (Lipinski definition) is 1. The van der Waals surface area contributed by atoms with Gasteiger partial charge in [-0.25, -0.2) is 9.37 Å². The highest BCUT2D eigenvalue weighted by Crippen LogP contribution is 2.32. The van der Waals surface area contributed by atoms with Gasteiger partial charge in [-0.2, -0.15) is 5.10 Å². The second-order valence-corrected chi connectivity index (χ2v) is 6.81. The minimum Gasteiger partial charge on any atom is -0.366 e. The molecule has 4 rings (SSSR count). The molecule has 4 aromatic rings. The lowest BCUT2D eigenvalue weighted by Crippen LogP contribution is -2.10. The molecule has 6 nitrogen and oxygen atoms in total. The Bertz CT molecular complexity index is 1180. The van der Waals surface area contributed by atoms with E-state index >= 15 is 0 Å². The molecule has 0 aliphatic rings. The zero-order chi connectivity index (χ0) is 19.8. The first-order valence-electron chi connectivity index (χ1n) is 8.84. The third-order valence-corrected chi connectivity index (χ3v) is 4.68. The van der Waals surface area contributed by atoms with Crippen LogP contribution in [0.3, 0.4) is 0 Å². The van der Waals surface area contributed by atoms with Crippen LogP contribution in [0.5, 0.6) is 0 Å². The lowest BCUT2D eigenvalue weighted by molar-refractivity contribution is 0.100. The van der Waals surface area contributed by atoms with Gasteiger partial charge in [0, 0.05) is 22.7 Å². The van der Waals surface area contributed by atoms with Crippen LogP contribution in [0.1, 0.15) is 30.2 Å². The molecule has 2 N–H and O–H groups in total. The molecule has 0 spiro atoms. The number of benzene rings is 2. The predicted molar refractivity (Wildman–Crippen MR) is 105 cm³/mol. The van der Waals surface area contributed by atoms with E-state index in [9.17, 15) is 9.18 Å². The van der Waals surface area contributed by atoms with Crippen LogP contribution < -0.4 is 5.73 Å². The summed E-state index contributed by atoms with van der Waals surface area (Å²) < 4.78 is 16.5. The third kappa shape index (κ3) is 3.00. The molecule has 28 heavy (non-hydrogen) atoms. The summed E-state index contributed by atoms with van der Waals surface area (Å²) in [5, 5.41) is 8.31. The lowest BCUT2D eigenvalue weighted by atomic mass is 9.98. The fourth-order valence-electron chi connectivity index (χ4n) is 3.16. The number of hydrogen-bond acceptors (Lipinski definition) is 4.